The van der Waals surface area contributed by atoms with Gasteiger partial charge in [0.15, 0.2) is 0 Å². The van der Waals surface area contributed by atoms with Crippen molar-refractivity contribution < 1.29 is 13.6 Å². The standard InChI is InChI=1S/C12H20F2N2O/c1-16-6-4-10(11(16)17)15-8-9-3-2-5-12(13,14)7-9/h9-10,15H,2-8H2,1H3. The number of alkyl halides is 2. The van der Waals surface area contributed by atoms with E-state index in [-0.39, 0.29) is 30.7 Å². The molecule has 3 nitrogen and oxygen atoms in total. The largest absolute Gasteiger partial charge is 0.344 e. The predicted molar refractivity (Wildman–Crippen MR) is 60.9 cm³/mol. The maximum absolute atomic E-state index is 13.2. The molecule has 17 heavy (non-hydrogen) atoms. The van der Waals surface area contributed by atoms with E-state index in [1.807, 2.05) is 0 Å². The third-order valence-electron chi connectivity index (χ3n) is 3.82. The van der Waals surface area contributed by atoms with Gasteiger partial charge in [-0.3, -0.25) is 4.79 Å². The molecule has 98 valence electrons. The Bertz CT molecular complexity index is 296. The molecule has 0 aromatic carbocycles. The molecule has 1 heterocycles. The molecule has 0 spiro atoms. The SMILES string of the molecule is CN1CCC(NCC2CCCC(F)(F)C2)C1=O. The van der Waals surface area contributed by atoms with E-state index in [4.69, 9.17) is 0 Å². The smallest absolute Gasteiger partial charge is 0.248 e. The zero-order valence-corrected chi connectivity index (χ0v) is 10.2. The van der Waals surface area contributed by atoms with Crippen molar-refractivity contribution in [2.45, 2.75) is 44.1 Å². The van der Waals surface area contributed by atoms with Gasteiger partial charge in [-0.1, -0.05) is 0 Å². The lowest BCUT2D eigenvalue weighted by molar-refractivity contribution is -0.128. The molecule has 0 radical (unpaired) electrons. The van der Waals surface area contributed by atoms with Crippen LogP contribution < -0.4 is 5.32 Å². The molecule has 1 aliphatic carbocycles. The van der Waals surface area contributed by atoms with Crippen LogP contribution in [0.15, 0.2) is 0 Å². The number of hydrogen-bond acceptors (Lipinski definition) is 2. The third kappa shape index (κ3) is 3.15. The summed E-state index contributed by atoms with van der Waals surface area (Å²) in [6.07, 6.45) is 2.22. The zero-order valence-electron chi connectivity index (χ0n) is 10.2. The maximum Gasteiger partial charge on any atom is 0.248 e. The normalized spacial score (nSPS) is 33.1. The number of nitrogens with zero attached hydrogens (tertiary/aromatic N) is 1. The van der Waals surface area contributed by atoms with E-state index < -0.39 is 5.92 Å². The van der Waals surface area contributed by atoms with Crippen molar-refractivity contribution in [3.63, 3.8) is 0 Å². The van der Waals surface area contributed by atoms with E-state index in [1.54, 1.807) is 11.9 Å². The lowest BCUT2D eigenvalue weighted by atomic mass is 9.86. The molecular formula is C12H20F2N2O. The van der Waals surface area contributed by atoms with Crippen LogP contribution in [0.5, 0.6) is 0 Å². The molecule has 1 saturated heterocycles. The second kappa shape index (κ2) is 4.88. The Morgan fingerprint density at radius 1 is 1.47 bits per heavy atom. The lowest BCUT2D eigenvalue weighted by Gasteiger charge is -2.29. The monoisotopic (exact) mass is 246 g/mol. The maximum atomic E-state index is 13.2. The molecule has 2 unspecified atom stereocenters. The molecule has 0 aromatic rings. The van der Waals surface area contributed by atoms with Crippen molar-refractivity contribution in [1.29, 1.82) is 0 Å². The second-order valence-electron chi connectivity index (χ2n) is 5.33. The molecule has 2 atom stereocenters. The molecule has 2 rings (SSSR count). The summed E-state index contributed by atoms with van der Waals surface area (Å²) in [6.45, 7) is 1.30. The first-order valence-electron chi connectivity index (χ1n) is 6.34. The number of hydrogen-bond donors (Lipinski definition) is 1. The summed E-state index contributed by atoms with van der Waals surface area (Å²) < 4.78 is 26.4. The van der Waals surface area contributed by atoms with Gasteiger partial charge < -0.3 is 10.2 Å². The number of carbonyl (C=O) groups is 1. The zero-order chi connectivity index (χ0) is 12.5. The van der Waals surface area contributed by atoms with Gasteiger partial charge >= 0.3 is 0 Å². The van der Waals surface area contributed by atoms with Crippen LogP contribution in [0.3, 0.4) is 0 Å². The predicted octanol–water partition coefficient (Wildman–Crippen LogP) is 1.63. The highest BCUT2D eigenvalue weighted by Crippen LogP contribution is 2.36. The van der Waals surface area contributed by atoms with Gasteiger partial charge in [0, 0.05) is 26.4 Å². The van der Waals surface area contributed by atoms with Crippen molar-refractivity contribution in [3.8, 4) is 0 Å². The van der Waals surface area contributed by atoms with Crippen LogP contribution in [0.2, 0.25) is 0 Å². The number of likely N-dealkylation sites (tertiary alicyclic amines) is 1. The molecule has 2 aliphatic rings. The number of halogens is 2. The van der Waals surface area contributed by atoms with Crippen LogP contribution in [-0.2, 0) is 4.79 Å². The minimum absolute atomic E-state index is 0.0115. The average molecular weight is 246 g/mol. The molecule has 1 amide bonds. The topological polar surface area (TPSA) is 32.3 Å². The van der Waals surface area contributed by atoms with Crippen molar-refractivity contribution >= 4 is 5.91 Å². The molecule has 1 N–H and O–H groups in total. The van der Waals surface area contributed by atoms with Gasteiger partial charge in [-0.25, -0.2) is 8.78 Å². The van der Waals surface area contributed by atoms with Crippen LogP contribution in [0, 0.1) is 5.92 Å². The molecule has 1 saturated carbocycles. The molecule has 1 aliphatic heterocycles. The number of likely N-dealkylation sites (N-methyl/N-ethyl adjacent to an activating group) is 1. The van der Waals surface area contributed by atoms with Crippen LogP contribution in [0.1, 0.15) is 32.1 Å². The lowest BCUT2D eigenvalue weighted by Crippen LogP contribution is -2.41. The fourth-order valence-corrected chi connectivity index (χ4v) is 2.77. The Morgan fingerprint density at radius 3 is 2.82 bits per heavy atom. The molecule has 0 aromatic heterocycles. The summed E-state index contributed by atoms with van der Waals surface area (Å²) in [5, 5.41) is 3.14. The first-order valence-corrected chi connectivity index (χ1v) is 6.34. The summed E-state index contributed by atoms with van der Waals surface area (Å²) in [7, 11) is 1.78. The molecule has 0 bridgehead atoms. The van der Waals surface area contributed by atoms with Crippen LogP contribution in [0.4, 0.5) is 8.78 Å². The fraction of sp³-hybridized carbons (Fsp3) is 0.917. The Labute approximate surface area is 101 Å². The van der Waals surface area contributed by atoms with E-state index in [0.717, 1.165) is 19.4 Å². The summed E-state index contributed by atoms with van der Waals surface area (Å²) >= 11 is 0. The minimum atomic E-state index is -2.50. The van der Waals surface area contributed by atoms with Gasteiger partial charge in [-0.15, -0.1) is 0 Å². The van der Waals surface area contributed by atoms with E-state index in [2.05, 4.69) is 5.32 Å². The summed E-state index contributed by atoms with van der Waals surface area (Å²) in [5.74, 6) is -2.40. The van der Waals surface area contributed by atoms with Crippen molar-refractivity contribution in [2.75, 3.05) is 20.1 Å². The van der Waals surface area contributed by atoms with E-state index >= 15 is 0 Å². The fourth-order valence-electron chi connectivity index (χ4n) is 2.77. The van der Waals surface area contributed by atoms with Crippen LogP contribution >= 0.6 is 0 Å². The van der Waals surface area contributed by atoms with Gasteiger partial charge in [0.05, 0.1) is 6.04 Å². The average Bonchev–Trinajstić information content (AvgIpc) is 2.56. The Morgan fingerprint density at radius 2 is 2.24 bits per heavy atom. The number of carbonyl (C=O) groups excluding carboxylic acids is 1. The van der Waals surface area contributed by atoms with Crippen molar-refractivity contribution in [3.05, 3.63) is 0 Å². The minimum Gasteiger partial charge on any atom is -0.344 e. The van der Waals surface area contributed by atoms with Gasteiger partial charge in [-0.05, 0) is 31.7 Å². The third-order valence-corrected chi connectivity index (χ3v) is 3.82. The highest BCUT2D eigenvalue weighted by Gasteiger charge is 2.37. The van der Waals surface area contributed by atoms with Gasteiger partial charge in [0.1, 0.15) is 0 Å². The van der Waals surface area contributed by atoms with Crippen LogP contribution in [-0.4, -0.2) is 42.9 Å². The summed E-state index contributed by atoms with van der Waals surface area (Å²) in [5.41, 5.74) is 0. The Hall–Kier alpha value is -0.710. The first kappa shape index (κ1) is 12.7. The van der Waals surface area contributed by atoms with Crippen molar-refractivity contribution in [1.82, 2.24) is 10.2 Å². The second-order valence-corrected chi connectivity index (χ2v) is 5.33. The molecule has 2 fully saturated rings. The Kier molecular flexibility index (Phi) is 3.66. The highest BCUT2D eigenvalue weighted by atomic mass is 19.3. The Balaban J connectivity index is 1.77. The number of rotatable bonds is 3. The first-order chi connectivity index (χ1) is 7.98. The van der Waals surface area contributed by atoms with E-state index in [9.17, 15) is 13.6 Å². The van der Waals surface area contributed by atoms with Gasteiger partial charge in [0.25, 0.3) is 0 Å². The quantitative estimate of drug-likeness (QED) is 0.821. The summed E-state index contributed by atoms with van der Waals surface area (Å²) in [6, 6.07) is -0.157. The number of nitrogens with one attached hydrogen (secondary N) is 1. The van der Waals surface area contributed by atoms with Crippen LogP contribution in [0.25, 0.3) is 0 Å². The van der Waals surface area contributed by atoms with Gasteiger partial charge in [-0.2, -0.15) is 0 Å². The highest BCUT2D eigenvalue weighted by molar-refractivity contribution is 5.83. The van der Waals surface area contributed by atoms with E-state index in [1.165, 1.54) is 0 Å². The van der Waals surface area contributed by atoms with E-state index in [0.29, 0.717) is 13.0 Å². The van der Waals surface area contributed by atoms with Gasteiger partial charge in [0.2, 0.25) is 11.8 Å². The number of amides is 1. The summed E-state index contributed by atoms with van der Waals surface area (Å²) in [4.78, 5) is 13.3. The van der Waals surface area contributed by atoms with Crippen molar-refractivity contribution in [2.24, 2.45) is 5.92 Å². The molecular weight excluding hydrogens is 226 g/mol. The molecule has 5 heteroatoms.